The zero-order valence-corrected chi connectivity index (χ0v) is 24.6. The van der Waals surface area contributed by atoms with E-state index in [9.17, 15) is 4.79 Å². The second-order valence-corrected chi connectivity index (χ2v) is 11.5. The normalized spacial score (nSPS) is 16.4. The van der Waals surface area contributed by atoms with E-state index >= 15 is 0 Å². The van der Waals surface area contributed by atoms with Crippen molar-refractivity contribution in [1.82, 2.24) is 9.97 Å². The minimum atomic E-state index is -0.604. The van der Waals surface area contributed by atoms with Gasteiger partial charge in [-0.15, -0.1) is 0 Å². The molecule has 1 aliphatic heterocycles. The number of hydrogen-bond acceptors (Lipinski definition) is 7. The van der Waals surface area contributed by atoms with E-state index in [0.717, 1.165) is 76.6 Å². The zero-order valence-electron chi connectivity index (χ0n) is 22.2. The van der Waals surface area contributed by atoms with Crippen LogP contribution >= 0.6 is 27.9 Å². The number of hydrogen-bond donors (Lipinski definition) is 1. The number of halogens is 1. The molecule has 8 heteroatoms. The second-order valence-electron chi connectivity index (χ2n) is 9.77. The summed E-state index contributed by atoms with van der Waals surface area (Å²) in [5.74, 6) is 1.44. The highest BCUT2D eigenvalue weighted by atomic mass is 79.9. The highest BCUT2D eigenvalue weighted by molar-refractivity contribution is 9.10. The van der Waals surface area contributed by atoms with Crippen LogP contribution in [0.15, 0.2) is 70.2 Å². The number of allylic oxidation sites excluding steroid dienone is 1. The Labute approximate surface area is 238 Å². The maximum Gasteiger partial charge on any atom is 0.313 e. The van der Waals surface area contributed by atoms with E-state index in [2.05, 4.69) is 62.8 Å². The Morgan fingerprint density at radius 1 is 1.13 bits per heavy atom. The van der Waals surface area contributed by atoms with Gasteiger partial charge in [-0.2, -0.15) is 0 Å². The van der Waals surface area contributed by atoms with Crippen molar-refractivity contribution in [2.24, 2.45) is 5.41 Å². The minimum Gasteiger partial charge on any atom is -0.469 e. The van der Waals surface area contributed by atoms with Crippen molar-refractivity contribution in [2.45, 2.75) is 51.0 Å². The first-order valence-electron chi connectivity index (χ1n) is 13.1. The van der Waals surface area contributed by atoms with Crippen molar-refractivity contribution in [3.05, 3.63) is 70.7 Å². The van der Waals surface area contributed by atoms with Gasteiger partial charge in [-0.3, -0.25) is 4.79 Å². The van der Waals surface area contributed by atoms with Gasteiger partial charge in [-0.25, -0.2) is 9.97 Å². The average molecular weight is 596 g/mol. The number of carbonyl (C=O) groups is 1. The predicted molar refractivity (Wildman–Crippen MR) is 161 cm³/mol. The molecule has 1 N–H and O–H groups in total. The van der Waals surface area contributed by atoms with Gasteiger partial charge in [-0.05, 0) is 78.4 Å². The molecule has 0 aliphatic carbocycles. The first-order chi connectivity index (χ1) is 18.4. The van der Waals surface area contributed by atoms with E-state index in [0.29, 0.717) is 6.54 Å². The summed E-state index contributed by atoms with van der Waals surface area (Å²) in [5.41, 5.74) is 2.51. The molecule has 1 aromatic carbocycles. The van der Waals surface area contributed by atoms with Crippen molar-refractivity contribution in [3.63, 3.8) is 0 Å². The van der Waals surface area contributed by atoms with Crippen LogP contribution in [0.25, 0.3) is 17.3 Å². The summed E-state index contributed by atoms with van der Waals surface area (Å²) in [6.07, 6.45) is 9.07. The number of methoxy groups -OCH3 is 1. The van der Waals surface area contributed by atoms with Gasteiger partial charge in [0.05, 0.1) is 18.2 Å². The number of benzene rings is 1. The number of aromatic nitrogens is 2. The lowest BCUT2D eigenvalue weighted by Crippen LogP contribution is -2.42. The van der Waals surface area contributed by atoms with Crippen LogP contribution in [0.4, 0.5) is 11.6 Å². The van der Waals surface area contributed by atoms with Crippen LogP contribution in [0.1, 0.15) is 51.5 Å². The van der Waals surface area contributed by atoms with Crippen LogP contribution in [0, 0.1) is 5.41 Å². The summed E-state index contributed by atoms with van der Waals surface area (Å²) in [5, 5.41) is 0.834. The summed E-state index contributed by atoms with van der Waals surface area (Å²) >= 11 is 5.12. The Hall–Kier alpha value is -2.84. The lowest BCUT2D eigenvalue weighted by molar-refractivity contribution is -0.151. The van der Waals surface area contributed by atoms with Gasteiger partial charge in [0, 0.05) is 35.1 Å². The summed E-state index contributed by atoms with van der Waals surface area (Å²) in [7, 11) is 1.47. The molecule has 200 valence electrons. The second kappa shape index (κ2) is 13.3. The molecule has 0 spiro atoms. The standard InChI is InChI=1S/C30H35BrN4O2S/c1-4-19-30(2,29(36)37-3)21-35-20-10-6-5-7-12-22-13-8-9-14-23(22)28-24(31)17-18-25(32-28)34-38-27-16-11-15-26(35)33-27/h7-9,11-18H,4-6,10,19-21H2,1-3H3,(H,32,34)/b12-7-. The molecule has 0 radical (unpaired) electrons. The van der Waals surface area contributed by atoms with Crippen LogP contribution in [0.3, 0.4) is 0 Å². The highest BCUT2D eigenvalue weighted by Crippen LogP contribution is 2.33. The number of nitrogens with zero attached hydrogens (tertiary/aromatic N) is 3. The monoisotopic (exact) mass is 594 g/mol. The Morgan fingerprint density at radius 3 is 2.79 bits per heavy atom. The highest BCUT2D eigenvalue weighted by Gasteiger charge is 2.36. The van der Waals surface area contributed by atoms with Crippen molar-refractivity contribution in [3.8, 4) is 11.3 Å². The third-order valence-electron chi connectivity index (χ3n) is 6.72. The van der Waals surface area contributed by atoms with E-state index in [1.807, 2.05) is 43.3 Å². The SMILES string of the molecule is CCCC(C)(CN1CCCC/C=C\c2ccccc2-c2nc(ccc2Br)NSc2cccc1n2)C(=O)OC. The average Bonchev–Trinajstić information content (AvgIpc) is 2.93. The fourth-order valence-corrected chi connectivity index (χ4v) is 5.85. The fourth-order valence-electron chi connectivity index (χ4n) is 4.80. The number of nitrogens with one attached hydrogen (secondary N) is 1. The molecule has 3 heterocycles. The quantitative estimate of drug-likeness (QED) is 0.237. The van der Waals surface area contributed by atoms with Crippen LogP contribution in [0.5, 0.6) is 0 Å². The van der Waals surface area contributed by atoms with Gasteiger partial charge >= 0.3 is 5.97 Å². The Bertz CT molecular complexity index is 1280. The van der Waals surface area contributed by atoms with Crippen molar-refractivity contribution >= 4 is 51.6 Å². The predicted octanol–water partition coefficient (Wildman–Crippen LogP) is 8.01. The molecule has 0 saturated carbocycles. The Morgan fingerprint density at radius 2 is 1.97 bits per heavy atom. The number of esters is 1. The van der Waals surface area contributed by atoms with Gasteiger partial charge in [0.1, 0.15) is 16.7 Å². The van der Waals surface area contributed by atoms with Gasteiger partial charge in [-0.1, -0.05) is 55.8 Å². The molecule has 6 nitrogen and oxygen atoms in total. The largest absolute Gasteiger partial charge is 0.469 e. The van der Waals surface area contributed by atoms with Crippen LogP contribution < -0.4 is 9.62 Å². The van der Waals surface area contributed by atoms with Crippen LogP contribution in [-0.4, -0.2) is 36.1 Å². The molecule has 0 saturated heterocycles. The summed E-state index contributed by atoms with van der Waals surface area (Å²) in [4.78, 5) is 24.9. The van der Waals surface area contributed by atoms with E-state index in [4.69, 9.17) is 14.7 Å². The zero-order chi connectivity index (χ0) is 27.0. The number of anilines is 2. The van der Waals surface area contributed by atoms with E-state index < -0.39 is 5.41 Å². The molecule has 0 fully saturated rings. The van der Waals surface area contributed by atoms with Gasteiger partial charge in [0.2, 0.25) is 0 Å². The molecule has 1 unspecified atom stereocenters. The molecule has 38 heavy (non-hydrogen) atoms. The molecule has 4 rings (SSSR count). The summed E-state index contributed by atoms with van der Waals surface area (Å²) in [6, 6.07) is 18.3. The maximum atomic E-state index is 12.8. The number of pyridine rings is 2. The summed E-state index contributed by atoms with van der Waals surface area (Å²) in [6.45, 7) is 5.47. The number of ether oxygens (including phenoxy) is 1. The lowest BCUT2D eigenvalue weighted by Gasteiger charge is -2.34. The Balaban J connectivity index is 1.68. The molecule has 1 atom stereocenters. The van der Waals surface area contributed by atoms with Gasteiger partial charge in [0.25, 0.3) is 0 Å². The maximum absolute atomic E-state index is 12.8. The first-order valence-corrected chi connectivity index (χ1v) is 14.7. The molecule has 1 aliphatic rings. The third-order valence-corrected chi connectivity index (χ3v) is 8.11. The van der Waals surface area contributed by atoms with Crippen molar-refractivity contribution < 1.29 is 9.53 Å². The number of carbonyl (C=O) groups excluding carboxylic acids is 1. The topological polar surface area (TPSA) is 67.4 Å². The smallest absolute Gasteiger partial charge is 0.313 e. The summed E-state index contributed by atoms with van der Waals surface area (Å²) < 4.78 is 9.52. The van der Waals surface area contributed by atoms with Crippen molar-refractivity contribution in [1.29, 1.82) is 0 Å². The third kappa shape index (κ3) is 6.97. The molecule has 4 bridgehead atoms. The van der Waals surface area contributed by atoms with Gasteiger partial charge < -0.3 is 14.4 Å². The molecular formula is C30H35BrN4O2S. The fraction of sp³-hybridized carbons (Fsp3) is 0.367. The van der Waals surface area contributed by atoms with E-state index in [-0.39, 0.29) is 5.97 Å². The first kappa shape index (κ1) is 28.2. The number of rotatable bonds is 5. The van der Waals surface area contributed by atoms with E-state index in [1.165, 1.54) is 19.1 Å². The van der Waals surface area contributed by atoms with Crippen molar-refractivity contribution in [2.75, 3.05) is 29.8 Å². The molecule has 2 aromatic heterocycles. The minimum absolute atomic E-state index is 0.173. The lowest BCUT2D eigenvalue weighted by atomic mass is 9.85. The van der Waals surface area contributed by atoms with Crippen LogP contribution in [-0.2, 0) is 9.53 Å². The Kier molecular flexibility index (Phi) is 9.86. The molecule has 3 aromatic rings. The molecular weight excluding hydrogens is 560 g/mol. The van der Waals surface area contributed by atoms with E-state index in [1.54, 1.807) is 0 Å². The number of fused-ring (bicyclic) bond motifs is 6. The van der Waals surface area contributed by atoms with Gasteiger partial charge in [0.15, 0.2) is 0 Å². The van der Waals surface area contributed by atoms with Crippen LogP contribution in [0.2, 0.25) is 0 Å². The molecule has 0 amide bonds.